The number of rotatable bonds is 2. The maximum absolute atomic E-state index is 10.7. The van der Waals surface area contributed by atoms with Gasteiger partial charge >= 0.3 is 30.5 Å². The standard InChI is InChI=1S/2C10H6Cl2N2.2CHF3O3S.2H2O.Ru/c2*11-9-5-1-3-7(13-9)8-4-2-6-10(12)14-8;2*2-1(3,4)8(5,6)7;;;/h2*1-6H;2*(H,5,6,7);2*1H2;/q;;;;;;+2/p-2. The fraction of sp³-hybridized carbons (Fsp3) is 0.0909. The van der Waals surface area contributed by atoms with Crippen LogP contribution in [0, 0.1) is 0 Å². The number of alkyl halides is 6. The Balaban J connectivity index is -0.000000558. The van der Waals surface area contributed by atoms with Crippen LogP contribution in [0.1, 0.15) is 0 Å². The van der Waals surface area contributed by atoms with Crippen LogP contribution in [-0.2, 0) is 39.7 Å². The van der Waals surface area contributed by atoms with Gasteiger partial charge in [0.05, 0.1) is 22.8 Å². The third-order valence-electron chi connectivity index (χ3n) is 3.95. The zero-order chi connectivity index (χ0) is 33.9. The quantitative estimate of drug-likeness (QED) is 0.0824. The van der Waals surface area contributed by atoms with Gasteiger partial charge in [-0.2, -0.15) is 26.3 Å². The van der Waals surface area contributed by atoms with E-state index in [-0.39, 0.29) is 30.4 Å². The van der Waals surface area contributed by atoms with Crippen LogP contribution in [0.5, 0.6) is 0 Å². The van der Waals surface area contributed by atoms with E-state index < -0.39 is 31.3 Å². The summed E-state index contributed by atoms with van der Waals surface area (Å²) in [5, 5.41) is 1.79. The molecule has 4 rings (SSSR count). The first-order valence-electron chi connectivity index (χ1n) is 10.6. The Morgan fingerprint density at radius 2 is 0.617 bits per heavy atom. The Labute approximate surface area is 295 Å². The minimum absolute atomic E-state index is 0. The van der Waals surface area contributed by atoms with Gasteiger partial charge in [-0.3, -0.25) is 0 Å². The van der Waals surface area contributed by atoms with Crippen molar-refractivity contribution in [3.63, 3.8) is 0 Å². The molecule has 0 bridgehead atoms. The SMILES string of the molecule is Clc1cccc(-c2cccc(Cl)n2)n1.Clc1cccc(-c2cccc(Cl)n2)n1.O.O.O=S(=O)([O-])C(F)(F)F.O=S(=O)([O-])C(F)(F)F.[Ru+2]. The first-order chi connectivity index (χ1) is 20.0. The van der Waals surface area contributed by atoms with Crippen molar-refractivity contribution >= 4 is 66.6 Å². The molecule has 0 radical (unpaired) electrons. The number of nitrogens with zero attached hydrogens (tertiary/aromatic N) is 4. The normalized spacial score (nSPS) is 10.8. The summed E-state index contributed by atoms with van der Waals surface area (Å²) in [7, 11) is -12.2. The number of aromatic nitrogens is 4. The van der Waals surface area contributed by atoms with Crippen molar-refractivity contribution in [1.82, 2.24) is 19.9 Å². The fourth-order valence-corrected chi connectivity index (χ4v) is 2.86. The molecule has 4 aromatic heterocycles. The molecule has 0 unspecified atom stereocenters. The van der Waals surface area contributed by atoms with E-state index >= 15 is 0 Å². The second-order valence-corrected chi connectivity index (χ2v) is 11.5. The molecule has 0 atom stereocenters. The van der Waals surface area contributed by atoms with Gasteiger partial charge in [-0.1, -0.05) is 70.7 Å². The van der Waals surface area contributed by atoms with Gasteiger partial charge in [0.15, 0.2) is 20.2 Å². The Bertz CT molecular complexity index is 1560. The molecule has 0 amide bonds. The molecular formula is C22H16Cl4F6N4O8RuS2. The first-order valence-corrected chi connectivity index (χ1v) is 14.9. The predicted molar refractivity (Wildman–Crippen MR) is 154 cm³/mol. The van der Waals surface area contributed by atoms with E-state index in [0.717, 1.165) is 22.8 Å². The minimum atomic E-state index is -6.09. The maximum atomic E-state index is 10.7. The molecule has 4 heterocycles. The zero-order valence-corrected chi connectivity index (χ0v) is 28.5. The molecule has 0 aliphatic rings. The molecular weight excluding hydrogens is 869 g/mol. The van der Waals surface area contributed by atoms with Crippen LogP contribution in [0.2, 0.25) is 20.6 Å². The Morgan fingerprint density at radius 3 is 0.723 bits per heavy atom. The van der Waals surface area contributed by atoms with Crippen LogP contribution in [0.4, 0.5) is 26.3 Å². The summed E-state index contributed by atoms with van der Waals surface area (Å²) >= 11 is 23.1. The number of pyridine rings is 4. The van der Waals surface area contributed by atoms with Gasteiger partial charge in [0.1, 0.15) is 20.6 Å². The van der Waals surface area contributed by atoms with Gasteiger partial charge < -0.3 is 20.1 Å². The van der Waals surface area contributed by atoms with Gasteiger partial charge in [-0.05, 0) is 48.5 Å². The van der Waals surface area contributed by atoms with Crippen LogP contribution in [0.3, 0.4) is 0 Å². The van der Waals surface area contributed by atoms with Crippen molar-refractivity contribution in [2.75, 3.05) is 0 Å². The van der Waals surface area contributed by atoms with Crippen LogP contribution < -0.4 is 0 Å². The predicted octanol–water partition coefficient (Wildman–Crippen LogP) is 5.35. The summed E-state index contributed by atoms with van der Waals surface area (Å²) in [4.78, 5) is 16.5. The maximum Gasteiger partial charge on any atom is 2.00 e. The molecule has 4 N–H and O–H groups in total. The summed E-state index contributed by atoms with van der Waals surface area (Å²) in [5.74, 6) is 0. The van der Waals surface area contributed by atoms with Crippen molar-refractivity contribution in [2.24, 2.45) is 0 Å². The van der Waals surface area contributed by atoms with E-state index in [1.54, 1.807) is 24.3 Å². The van der Waals surface area contributed by atoms with E-state index in [2.05, 4.69) is 19.9 Å². The summed E-state index contributed by atoms with van der Waals surface area (Å²) in [6.07, 6.45) is 0. The van der Waals surface area contributed by atoms with Crippen LogP contribution >= 0.6 is 46.4 Å². The topological polar surface area (TPSA) is 229 Å². The molecule has 0 aromatic carbocycles. The summed E-state index contributed by atoms with van der Waals surface area (Å²) < 4.78 is 118. The second kappa shape index (κ2) is 20.9. The Morgan fingerprint density at radius 1 is 0.468 bits per heavy atom. The van der Waals surface area contributed by atoms with E-state index in [0.29, 0.717) is 20.6 Å². The van der Waals surface area contributed by atoms with E-state index in [1.165, 1.54) is 0 Å². The van der Waals surface area contributed by atoms with Crippen LogP contribution in [-0.4, -0.2) is 67.8 Å². The molecule has 47 heavy (non-hydrogen) atoms. The molecule has 0 saturated carbocycles. The zero-order valence-electron chi connectivity index (χ0n) is 22.1. The second-order valence-electron chi connectivity index (χ2n) is 7.18. The first kappa shape index (κ1) is 49.1. The Kier molecular flexibility index (Phi) is 21.9. The van der Waals surface area contributed by atoms with Gasteiger partial charge in [0, 0.05) is 0 Å². The van der Waals surface area contributed by atoms with E-state index in [9.17, 15) is 26.3 Å². The largest absolute Gasteiger partial charge is 2.00 e. The molecule has 0 aliphatic heterocycles. The molecule has 12 nitrogen and oxygen atoms in total. The molecule has 25 heteroatoms. The molecule has 0 saturated heterocycles. The van der Waals surface area contributed by atoms with Crippen molar-refractivity contribution in [3.05, 3.63) is 93.4 Å². The monoisotopic (exact) mass is 884 g/mol. The van der Waals surface area contributed by atoms with Gasteiger partial charge in [0.2, 0.25) is 0 Å². The minimum Gasteiger partial charge on any atom is -0.741 e. The number of halogens is 10. The van der Waals surface area contributed by atoms with Crippen LogP contribution in [0.25, 0.3) is 22.8 Å². The Hall–Kier alpha value is -2.30. The molecule has 0 fully saturated rings. The molecule has 4 aromatic rings. The molecule has 0 aliphatic carbocycles. The average Bonchev–Trinajstić information content (AvgIpc) is 2.88. The smallest absolute Gasteiger partial charge is 0.741 e. The third-order valence-corrected chi connectivity index (χ3v) is 5.93. The van der Waals surface area contributed by atoms with E-state index in [1.807, 2.05) is 48.5 Å². The van der Waals surface area contributed by atoms with Crippen molar-refractivity contribution in [2.45, 2.75) is 11.0 Å². The average molecular weight is 885 g/mol. The van der Waals surface area contributed by atoms with Crippen molar-refractivity contribution in [3.8, 4) is 22.8 Å². The summed E-state index contributed by atoms with van der Waals surface area (Å²) in [5.41, 5.74) is -8.40. The van der Waals surface area contributed by atoms with Crippen molar-refractivity contribution in [1.29, 1.82) is 0 Å². The fourth-order valence-electron chi connectivity index (χ4n) is 2.20. The summed E-state index contributed by atoms with van der Waals surface area (Å²) in [6, 6.07) is 21.5. The van der Waals surface area contributed by atoms with Crippen molar-refractivity contribution < 1.29 is 82.7 Å². The molecule has 0 spiro atoms. The van der Waals surface area contributed by atoms with E-state index in [4.69, 9.17) is 72.3 Å². The molecule has 262 valence electrons. The van der Waals surface area contributed by atoms with Gasteiger partial charge in [-0.15, -0.1) is 0 Å². The number of hydrogen-bond acceptors (Lipinski definition) is 10. The van der Waals surface area contributed by atoms with Crippen LogP contribution in [0.15, 0.2) is 72.8 Å². The van der Waals surface area contributed by atoms with Gasteiger partial charge in [-0.25, -0.2) is 36.8 Å². The van der Waals surface area contributed by atoms with Gasteiger partial charge in [0.25, 0.3) is 0 Å². The summed E-state index contributed by atoms with van der Waals surface area (Å²) in [6.45, 7) is 0. The number of hydrogen-bond donors (Lipinski definition) is 0. The third kappa shape index (κ3) is 18.7.